The van der Waals surface area contributed by atoms with Gasteiger partial charge in [0.1, 0.15) is 0 Å². The molecule has 272 valence electrons. The highest BCUT2D eigenvalue weighted by molar-refractivity contribution is 5.64. The van der Waals surface area contributed by atoms with E-state index in [4.69, 9.17) is 0 Å². The molecular weight excluding hydrogens is 550 g/mol. The van der Waals surface area contributed by atoms with E-state index in [-0.39, 0.29) is 6.42 Å². The lowest BCUT2D eigenvalue weighted by Gasteiger charge is -2.40. The summed E-state index contributed by atoms with van der Waals surface area (Å²) in [6, 6.07) is 0. The predicted octanol–water partition coefficient (Wildman–Crippen LogP) is 13.1. The van der Waals surface area contributed by atoms with Gasteiger partial charge in [-0.05, 0) is 64.2 Å². The molecule has 0 saturated heterocycles. The van der Waals surface area contributed by atoms with Gasteiger partial charge >= 0.3 is 0 Å². The molecule has 0 aliphatic rings. The highest BCUT2D eigenvalue weighted by Gasteiger charge is 2.25. The van der Waals surface area contributed by atoms with Gasteiger partial charge in [0, 0.05) is 5.97 Å². The Morgan fingerprint density at radius 1 is 0.333 bits per heavy atom. The predicted molar refractivity (Wildman–Crippen MR) is 201 cm³/mol. The molecule has 0 heterocycles. The van der Waals surface area contributed by atoms with E-state index in [0.717, 1.165) is 12.8 Å². The molecule has 45 heavy (non-hydrogen) atoms. The molecular formula is C42H87NO2. The van der Waals surface area contributed by atoms with Crippen LogP contribution in [0.25, 0.3) is 0 Å². The summed E-state index contributed by atoms with van der Waals surface area (Å²) in [7, 11) is 0. The number of unbranched alkanes of at least 4 members (excludes halogenated alkanes) is 26. The molecule has 0 unspecified atom stereocenters. The van der Waals surface area contributed by atoms with Crippen LogP contribution >= 0.6 is 0 Å². The van der Waals surface area contributed by atoms with Crippen LogP contribution in [0.15, 0.2) is 0 Å². The Balaban J connectivity index is 0. The van der Waals surface area contributed by atoms with Crippen molar-refractivity contribution in [3.8, 4) is 0 Å². The van der Waals surface area contributed by atoms with E-state index in [1.807, 2.05) is 0 Å². The first kappa shape index (κ1) is 46.5. The molecule has 0 aliphatic heterocycles. The molecule has 0 radical (unpaired) electrons. The largest absolute Gasteiger partial charge is 0.550 e. The van der Waals surface area contributed by atoms with Gasteiger partial charge in [-0.25, -0.2) is 0 Å². The maximum Gasteiger partial charge on any atom is 0.0786 e. The van der Waals surface area contributed by atoms with E-state index >= 15 is 0 Å². The fourth-order valence-electron chi connectivity index (χ4n) is 6.81. The van der Waals surface area contributed by atoms with Crippen molar-refractivity contribution in [2.75, 3.05) is 26.2 Å². The first-order valence-corrected chi connectivity index (χ1v) is 21.1. The first-order valence-electron chi connectivity index (χ1n) is 21.1. The number of rotatable bonds is 36. The van der Waals surface area contributed by atoms with Crippen LogP contribution in [0.2, 0.25) is 0 Å². The molecule has 0 aromatic heterocycles. The lowest BCUT2D eigenvalue weighted by atomic mass is 10.0. The average molecular weight is 638 g/mol. The second-order valence-corrected chi connectivity index (χ2v) is 14.6. The Hall–Kier alpha value is -0.570. The van der Waals surface area contributed by atoms with Crippen LogP contribution in [-0.2, 0) is 4.79 Å². The molecule has 3 nitrogen and oxygen atoms in total. The number of aliphatic carboxylic acids is 1. The Bertz CT molecular complexity index is 479. The normalized spacial score (nSPS) is 11.5. The van der Waals surface area contributed by atoms with Gasteiger partial charge in [0.25, 0.3) is 0 Å². The Morgan fingerprint density at radius 2 is 0.533 bits per heavy atom. The monoisotopic (exact) mass is 638 g/mol. The quantitative estimate of drug-likeness (QED) is 0.0506. The van der Waals surface area contributed by atoms with Gasteiger partial charge in [0.05, 0.1) is 26.2 Å². The maximum absolute atomic E-state index is 10.0. The van der Waals surface area contributed by atoms with Crippen LogP contribution in [0.1, 0.15) is 240 Å². The Morgan fingerprint density at radius 3 is 0.756 bits per heavy atom. The summed E-state index contributed by atoms with van der Waals surface area (Å²) in [5, 5.41) is 10.0. The molecule has 0 aromatic carbocycles. The first-order chi connectivity index (χ1) is 22.0. The number of hydrogen-bond donors (Lipinski definition) is 0. The summed E-state index contributed by atoms with van der Waals surface area (Å²) in [6.07, 6.45) is 43.1. The lowest BCUT2D eigenvalue weighted by molar-refractivity contribution is -0.929. The van der Waals surface area contributed by atoms with Crippen LogP contribution in [-0.4, -0.2) is 36.6 Å². The van der Waals surface area contributed by atoms with Crippen molar-refractivity contribution in [3.63, 3.8) is 0 Å². The van der Waals surface area contributed by atoms with E-state index in [1.54, 1.807) is 0 Å². The Kier molecular flexibility index (Phi) is 41.0. The second-order valence-electron chi connectivity index (χ2n) is 14.6. The third-order valence-corrected chi connectivity index (χ3v) is 9.93. The maximum atomic E-state index is 10.0. The summed E-state index contributed by atoms with van der Waals surface area (Å²) in [6.45, 7) is 17.4. The standard InChI is InChI=1S/C32H68N.C10H20O2/c1-5-9-13-17-21-25-29-33(30-26-22-18-14-10-6-2,31-27-23-19-15-11-7-3)32-28-24-20-16-12-8-4;1-2-3-4-5-6-7-8-9-10(11)12/h5-32H2,1-4H3;2-9H2,1H3,(H,11,12)/q+1;/p-1. The number of quaternary nitrogens is 1. The number of carboxylic acid groups (broad SMARTS) is 1. The van der Waals surface area contributed by atoms with Crippen LogP contribution in [0.5, 0.6) is 0 Å². The van der Waals surface area contributed by atoms with E-state index in [0.29, 0.717) is 0 Å². The molecule has 0 bridgehead atoms. The number of nitrogens with zero attached hydrogens (tertiary/aromatic N) is 1. The van der Waals surface area contributed by atoms with Gasteiger partial charge in [-0.2, -0.15) is 0 Å². The van der Waals surface area contributed by atoms with Gasteiger partial charge in [-0.1, -0.05) is 176 Å². The smallest absolute Gasteiger partial charge is 0.0786 e. The number of carboxylic acids is 1. The van der Waals surface area contributed by atoms with Crippen molar-refractivity contribution < 1.29 is 14.4 Å². The fraction of sp³-hybridized carbons (Fsp3) is 0.976. The Labute approximate surface area is 286 Å². The SMILES string of the molecule is CCCCCCCCCC(=O)[O-].CCCCCCCC[N+](CCCCCCCC)(CCCCCCCC)CCCCCCCC. The van der Waals surface area contributed by atoms with Crippen molar-refractivity contribution in [1.82, 2.24) is 0 Å². The highest BCUT2D eigenvalue weighted by atomic mass is 16.4. The van der Waals surface area contributed by atoms with E-state index in [9.17, 15) is 9.90 Å². The molecule has 0 atom stereocenters. The molecule has 0 N–H and O–H groups in total. The summed E-state index contributed by atoms with van der Waals surface area (Å²) in [4.78, 5) is 10.0. The summed E-state index contributed by atoms with van der Waals surface area (Å²) >= 11 is 0. The van der Waals surface area contributed by atoms with E-state index < -0.39 is 5.97 Å². The number of carbonyl (C=O) groups is 1. The van der Waals surface area contributed by atoms with Crippen molar-refractivity contribution in [3.05, 3.63) is 0 Å². The number of carbonyl (C=O) groups excluding carboxylic acids is 1. The molecule has 0 fully saturated rings. The van der Waals surface area contributed by atoms with E-state index in [2.05, 4.69) is 34.6 Å². The molecule has 3 heteroatoms. The molecule has 0 saturated carbocycles. The van der Waals surface area contributed by atoms with Crippen molar-refractivity contribution in [2.45, 2.75) is 240 Å². The molecule has 0 rings (SSSR count). The number of hydrogen-bond acceptors (Lipinski definition) is 2. The third kappa shape index (κ3) is 37.8. The molecule has 0 amide bonds. The second kappa shape index (κ2) is 39.6. The molecule has 0 aliphatic carbocycles. The van der Waals surface area contributed by atoms with E-state index in [1.165, 1.54) is 217 Å². The third-order valence-electron chi connectivity index (χ3n) is 9.93. The van der Waals surface area contributed by atoms with Gasteiger partial charge < -0.3 is 14.4 Å². The van der Waals surface area contributed by atoms with Crippen LogP contribution in [0.4, 0.5) is 0 Å². The van der Waals surface area contributed by atoms with Crippen LogP contribution in [0.3, 0.4) is 0 Å². The lowest BCUT2D eigenvalue weighted by Crippen LogP contribution is -2.50. The topological polar surface area (TPSA) is 40.1 Å². The summed E-state index contributed by atoms with van der Waals surface area (Å²) < 4.78 is 1.48. The van der Waals surface area contributed by atoms with Crippen molar-refractivity contribution >= 4 is 5.97 Å². The zero-order chi connectivity index (χ0) is 33.5. The summed E-state index contributed by atoms with van der Waals surface area (Å²) in [5.41, 5.74) is 0. The van der Waals surface area contributed by atoms with Gasteiger partial charge in [0.2, 0.25) is 0 Å². The molecule has 0 spiro atoms. The van der Waals surface area contributed by atoms with Gasteiger partial charge in [-0.3, -0.25) is 0 Å². The fourth-order valence-corrected chi connectivity index (χ4v) is 6.81. The molecule has 0 aromatic rings. The van der Waals surface area contributed by atoms with Gasteiger partial charge in [0.15, 0.2) is 0 Å². The summed E-state index contributed by atoms with van der Waals surface area (Å²) in [5.74, 6) is -0.913. The minimum absolute atomic E-state index is 0.230. The zero-order valence-electron chi connectivity index (χ0n) is 32.2. The highest BCUT2D eigenvalue weighted by Crippen LogP contribution is 2.21. The van der Waals surface area contributed by atoms with Crippen LogP contribution in [0, 0.1) is 0 Å². The van der Waals surface area contributed by atoms with Crippen molar-refractivity contribution in [2.24, 2.45) is 0 Å². The average Bonchev–Trinajstić information content (AvgIpc) is 3.03. The van der Waals surface area contributed by atoms with Gasteiger partial charge in [-0.15, -0.1) is 0 Å². The minimum Gasteiger partial charge on any atom is -0.550 e. The van der Waals surface area contributed by atoms with Crippen LogP contribution < -0.4 is 5.11 Å². The van der Waals surface area contributed by atoms with Crippen molar-refractivity contribution in [1.29, 1.82) is 0 Å². The zero-order valence-corrected chi connectivity index (χ0v) is 32.2. The minimum atomic E-state index is -0.913.